The molecule has 0 aliphatic carbocycles. The van der Waals surface area contributed by atoms with Crippen LogP contribution in [0.2, 0.25) is 0 Å². The Bertz CT molecular complexity index is 777. The minimum absolute atomic E-state index is 0. The van der Waals surface area contributed by atoms with Crippen LogP contribution in [-0.2, 0) is 14.8 Å². The minimum atomic E-state index is -3.77. The Hall–Kier alpha value is -1.55. The molecule has 28 heavy (non-hydrogen) atoms. The second-order valence-electron chi connectivity index (χ2n) is 6.88. The highest BCUT2D eigenvalue weighted by Crippen LogP contribution is 2.31. The second-order valence-corrected chi connectivity index (χ2v) is 8.79. The molecule has 1 aliphatic rings. The molecule has 1 fully saturated rings. The normalized spacial score (nSPS) is 17.4. The van der Waals surface area contributed by atoms with Crippen molar-refractivity contribution in [2.24, 2.45) is 5.73 Å². The molecule has 10 heteroatoms. The smallest absolute Gasteiger partial charge is 0.247 e. The van der Waals surface area contributed by atoms with Crippen LogP contribution < -0.4 is 15.2 Å². The number of piperazine rings is 1. The number of hydrogen-bond acceptors (Lipinski definition) is 6. The number of carbonyl (C=O) groups is 1. The first-order valence-electron chi connectivity index (χ1n) is 8.97. The van der Waals surface area contributed by atoms with Gasteiger partial charge in [0.05, 0.1) is 19.8 Å². The average molecular weight is 436 g/mol. The summed E-state index contributed by atoms with van der Waals surface area (Å²) in [6, 6.07) is 4.66. The molecule has 8 nitrogen and oxygen atoms in total. The Labute approximate surface area is 173 Å². The van der Waals surface area contributed by atoms with E-state index in [9.17, 15) is 13.2 Å². The lowest BCUT2D eigenvalue weighted by Crippen LogP contribution is -2.58. The number of sulfonamides is 1. The fraction of sp³-hybridized carbons (Fsp3) is 0.611. The van der Waals surface area contributed by atoms with Crippen LogP contribution in [0.5, 0.6) is 11.5 Å². The van der Waals surface area contributed by atoms with Crippen molar-refractivity contribution in [3.8, 4) is 11.5 Å². The zero-order valence-corrected chi connectivity index (χ0v) is 18.4. The van der Waals surface area contributed by atoms with E-state index in [1.807, 2.05) is 6.92 Å². The van der Waals surface area contributed by atoms with Crippen molar-refractivity contribution >= 4 is 28.3 Å². The molecule has 1 unspecified atom stereocenters. The highest BCUT2D eigenvalue weighted by molar-refractivity contribution is 7.89. The predicted octanol–water partition coefficient (Wildman–Crippen LogP) is 1.48. The van der Waals surface area contributed by atoms with E-state index in [2.05, 4.69) is 0 Å². The number of halogens is 1. The van der Waals surface area contributed by atoms with Gasteiger partial charge in [-0.3, -0.25) is 4.79 Å². The molecule has 1 aliphatic heterocycles. The van der Waals surface area contributed by atoms with Crippen molar-refractivity contribution in [3.05, 3.63) is 18.2 Å². The van der Waals surface area contributed by atoms with E-state index in [0.717, 1.165) is 6.42 Å². The van der Waals surface area contributed by atoms with Gasteiger partial charge in [-0.25, -0.2) is 8.42 Å². The lowest BCUT2D eigenvalue weighted by atomic mass is 9.95. The summed E-state index contributed by atoms with van der Waals surface area (Å²) in [5.74, 6) is 0.550. The molecule has 2 rings (SSSR count). The number of rotatable bonds is 7. The molecule has 0 saturated carbocycles. The zero-order valence-electron chi connectivity index (χ0n) is 16.8. The van der Waals surface area contributed by atoms with Crippen LogP contribution >= 0.6 is 12.4 Å². The van der Waals surface area contributed by atoms with Gasteiger partial charge in [0, 0.05) is 32.2 Å². The molecule has 1 aromatic carbocycles. The molecule has 1 atom stereocenters. The number of amides is 1. The standard InChI is InChI=1S/C18H29N3O5S.ClH/c1-5-8-18(2,19)17(22)20-9-11-21(12-10-20)27(23,24)16-13-14(25-3)6-7-15(16)26-4;/h6-7,13H,5,8-12,19H2,1-4H3;1H. The number of methoxy groups -OCH3 is 2. The topological polar surface area (TPSA) is 102 Å². The van der Waals surface area contributed by atoms with E-state index >= 15 is 0 Å². The van der Waals surface area contributed by atoms with E-state index < -0.39 is 15.6 Å². The quantitative estimate of drug-likeness (QED) is 0.695. The average Bonchev–Trinajstić information content (AvgIpc) is 2.66. The molecule has 0 bridgehead atoms. The zero-order chi connectivity index (χ0) is 20.2. The maximum Gasteiger partial charge on any atom is 0.247 e. The molecule has 2 N–H and O–H groups in total. The van der Waals surface area contributed by atoms with Gasteiger partial charge in [0.15, 0.2) is 0 Å². The van der Waals surface area contributed by atoms with Crippen LogP contribution in [0, 0.1) is 0 Å². The fourth-order valence-corrected chi connectivity index (χ4v) is 4.84. The summed E-state index contributed by atoms with van der Waals surface area (Å²) in [5.41, 5.74) is 5.20. The first kappa shape index (κ1) is 24.5. The van der Waals surface area contributed by atoms with Gasteiger partial charge in [-0.2, -0.15) is 4.31 Å². The largest absolute Gasteiger partial charge is 0.497 e. The molecular weight excluding hydrogens is 406 g/mol. The van der Waals surface area contributed by atoms with E-state index in [-0.39, 0.29) is 42.0 Å². The van der Waals surface area contributed by atoms with Gasteiger partial charge in [-0.1, -0.05) is 13.3 Å². The first-order chi connectivity index (χ1) is 12.7. The molecule has 0 radical (unpaired) electrons. The van der Waals surface area contributed by atoms with Gasteiger partial charge in [-0.15, -0.1) is 12.4 Å². The van der Waals surface area contributed by atoms with E-state index in [1.54, 1.807) is 24.0 Å². The Morgan fingerprint density at radius 1 is 1.18 bits per heavy atom. The van der Waals surface area contributed by atoms with Gasteiger partial charge in [0.1, 0.15) is 16.4 Å². The summed E-state index contributed by atoms with van der Waals surface area (Å²) < 4.78 is 37.9. The predicted molar refractivity (Wildman–Crippen MR) is 110 cm³/mol. The van der Waals surface area contributed by atoms with Crippen LogP contribution in [0.15, 0.2) is 23.1 Å². The van der Waals surface area contributed by atoms with E-state index in [0.29, 0.717) is 25.3 Å². The first-order valence-corrected chi connectivity index (χ1v) is 10.4. The summed E-state index contributed by atoms with van der Waals surface area (Å²) in [7, 11) is -0.874. The van der Waals surface area contributed by atoms with E-state index in [4.69, 9.17) is 15.2 Å². The Kier molecular flexibility index (Phi) is 8.55. The number of benzene rings is 1. The third-order valence-electron chi connectivity index (χ3n) is 4.77. The summed E-state index contributed by atoms with van der Waals surface area (Å²) >= 11 is 0. The van der Waals surface area contributed by atoms with Crippen LogP contribution in [-0.4, -0.2) is 69.5 Å². The van der Waals surface area contributed by atoms with Crippen LogP contribution in [0.4, 0.5) is 0 Å². The minimum Gasteiger partial charge on any atom is -0.497 e. The van der Waals surface area contributed by atoms with Gasteiger partial charge in [0.2, 0.25) is 15.9 Å². The van der Waals surface area contributed by atoms with E-state index in [1.165, 1.54) is 24.6 Å². The summed E-state index contributed by atoms with van der Waals surface area (Å²) in [6.45, 7) is 4.72. The summed E-state index contributed by atoms with van der Waals surface area (Å²) in [5, 5.41) is 0. The molecule has 1 heterocycles. The van der Waals surface area contributed by atoms with Crippen molar-refractivity contribution < 1.29 is 22.7 Å². The maximum absolute atomic E-state index is 13.1. The molecular formula is C18H30ClN3O5S. The number of nitrogens with two attached hydrogens (primary N) is 1. The Morgan fingerprint density at radius 2 is 1.79 bits per heavy atom. The Balaban J connectivity index is 0.00000392. The lowest BCUT2D eigenvalue weighted by molar-refractivity contribution is -0.137. The molecule has 1 saturated heterocycles. The highest BCUT2D eigenvalue weighted by Gasteiger charge is 2.37. The third-order valence-corrected chi connectivity index (χ3v) is 6.69. The molecule has 0 spiro atoms. The summed E-state index contributed by atoms with van der Waals surface area (Å²) in [4.78, 5) is 14.3. The van der Waals surface area contributed by atoms with Crippen molar-refractivity contribution in [2.45, 2.75) is 37.1 Å². The fourth-order valence-electron chi connectivity index (χ4n) is 3.24. The monoisotopic (exact) mass is 435 g/mol. The van der Waals surface area contributed by atoms with Crippen molar-refractivity contribution in [1.29, 1.82) is 0 Å². The van der Waals surface area contributed by atoms with Crippen molar-refractivity contribution in [1.82, 2.24) is 9.21 Å². The number of hydrogen-bond donors (Lipinski definition) is 1. The second kappa shape index (κ2) is 9.78. The van der Waals surface area contributed by atoms with Gasteiger partial charge in [-0.05, 0) is 25.5 Å². The number of ether oxygens (including phenoxy) is 2. The van der Waals surface area contributed by atoms with Crippen LogP contribution in [0.1, 0.15) is 26.7 Å². The van der Waals surface area contributed by atoms with Gasteiger partial charge in [0.25, 0.3) is 0 Å². The number of carbonyl (C=O) groups excluding carboxylic acids is 1. The Morgan fingerprint density at radius 3 is 2.29 bits per heavy atom. The lowest BCUT2D eigenvalue weighted by Gasteiger charge is -2.38. The molecule has 0 aromatic heterocycles. The van der Waals surface area contributed by atoms with Crippen LogP contribution in [0.3, 0.4) is 0 Å². The SMILES string of the molecule is CCCC(C)(N)C(=O)N1CCN(S(=O)(=O)c2cc(OC)ccc2OC)CC1.Cl. The highest BCUT2D eigenvalue weighted by atomic mass is 35.5. The van der Waals surface area contributed by atoms with Crippen molar-refractivity contribution in [3.63, 3.8) is 0 Å². The van der Waals surface area contributed by atoms with Crippen LogP contribution in [0.25, 0.3) is 0 Å². The van der Waals surface area contributed by atoms with Gasteiger partial charge < -0.3 is 20.1 Å². The molecule has 1 aromatic rings. The molecule has 160 valence electrons. The maximum atomic E-state index is 13.1. The van der Waals surface area contributed by atoms with Gasteiger partial charge >= 0.3 is 0 Å². The third kappa shape index (κ3) is 5.08. The summed E-state index contributed by atoms with van der Waals surface area (Å²) in [6.07, 6.45) is 1.40. The number of nitrogens with zero attached hydrogens (tertiary/aromatic N) is 2. The molecule has 1 amide bonds. The van der Waals surface area contributed by atoms with Crippen molar-refractivity contribution in [2.75, 3.05) is 40.4 Å².